The molecule has 0 fully saturated rings. The van der Waals surface area contributed by atoms with E-state index in [2.05, 4.69) is 20.9 Å². The summed E-state index contributed by atoms with van der Waals surface area (Å²) >= 11 is 3.16. The highest BCUT2D eigenvalue weighted by atomic mass is 79.9. The second-order valence-electron chi connectivity index (χ2n) is 3.20. The molecule has 0 aliphatic heterocycles. The van der Waals surface area contributed by atoms with E-state index >= 15 is 0 Å². The van der Waals surface area contributed by atoms with Gasteiger partial charge in [-0.3, -0.25) is 0 Å². The van der Waals surface area contributed by atoms with Gasteiger partial charge in [0, 0.05) is 22.8 Å². The molecule has 0 bridgehead atoms. The smallest absolute Gasteiger partial charge is 0.220 e. The van der Waals surface area contributed by atoms with Gasteiger partial charge in [0.1, 0.15) is 11.6 Å². The van der Waals surface area contributed by atoms with Gasteiger partial charge < -0.3 is 4.74 Å². The van der Waals surface area contributed by atoms with Gasteiger partial charge in [-0.25, -0.2) is 9.37 Å². The Morgan fingerprint density at radius 1 is 1.29 bits per heavy atom. The zero-order chi connectivity index (χ0) is 12.3. The molecule has 2 rings (SSSR count). The minimum absolute atomic E-state index is 0.251. The largest absolute Gasteiger partial charge is 0.439 e. The van der Waals surface area contributed by atoms with Crippen LogP contribution in [0.25, 0.3) is 0 Å². The number of hydrogen-bond acceptors (Lipinski definition) is 3. The number of nitrogens with zero attached hydrogens (tertiary/aromatic N) is 2. The molecule has 17 heavy (non-hydrogen) atoms. The number of halogens is 2. The molecule has 0 N–H and O–H groups in total. The number of nitriles is 1. The minimum Gasteiger partial charge on any atom is -0.439 e. The van der Waals surface area contributed by atoms with Crippen LogP contribution in [0.5, 0.6) is 11.6 Å². The summed E-state index contributed by atoms with van der Waals surface area (Å²) in [5.41, 5.74) is 0.436. The van der Waals surface area contributed by atoms with Crippen molar-refractivity contribution in [1.82, 2.24) is 4.98 Å². The Bertz CT molecular complexity index is 575. The van der Waals surface area contributed by atoms with E-state index in [-0.39, 0.29) is 5.88 Å². The van der Waals surface area contributed by atoms with E-state index in [0.29, 0.717) is 15.8 Å². The molecule has 1 aromatic heterocycles. The van der Waals surface area contributed by atoms with Gasteiger partial charge in [-0.2, -0.15) is 5.26 Å². The van der Waals surface area contributed by atoms with Crippen LogP contribution in [0.15, 0.2) is 41.0 Å². The summed E-state index contributed by atoms with van der Waals surface area (Å²) in [5, 5.41) is 8.72. The normalized spacial score (nSPS) is 9.71. The maximum absolute atomic E-state index is 13.1. The first-order valence-electron chi connectivity index (χ1n) is 4.67. The highest BCUT2D eigenvalue weighted by Crippen LogP contribution is 2.24. The molecular formula is C12H6BrFN2O. The van der Waals surface area contributed by atoms with Crippen molar-refractivity contribution in [2.75, 3.05) is 0 Å². The summed E-state index contributed by atoms with van der Waals surface area (Å²) in [4.78, 5) is 3.93. The first-order valence-corrected chi connectivity index (χ1v) is 5.47. The lowest BCUT2D eigenvalue weighted by molar-refractivity contribution is 0.457. The van der Waals surface area contributed by atoms with E-state index in [1.807, 2.05) is 6.07 Å². The van der Waals surface area contributed by atoms with Gasteiger partial charge in [-0.1, -0.05) is 15.9 Å². The summed E-state index contributed by atoms with van der Waals surface area (Å²) in [6.07, 6.45) is 1.46. The average Bonchev–Trinajstić information content (AvgIpc) is 2.28. The zero-order valence-electron chi connectivity index (χ0n) is 8.52. The third-order valence-electron chi connectivity index (χ3n) is 1.92. The van der Waals surface area contributed by atoms with Crippen LogP contribution in [0, 0.1) is 17.1 Å². The minimum atomic E-state index is -0.411. The quantitative estimate of drug-likeness (QED) is 0.849. The van der Waals surface area contributed by atoms with Crippen LogP contribution in [0.2, 0.25) is 0 Å². The van der Waals surface area contributed by atoms with E-state index in [0.717, 1.165) is 0 Å². The SMILES string of the molecule is N#Cc1ccnc(Oc2cc(F)cc(Br)c2)c1. The summed E-state index contributed by atoms with van der Waals surface area (Å²) < 4.78 is 19.0. The van der Waals surface area contributed by atoms with E-state index < -0.39 is 5.82 Å². The van der Waals surface area contributed by atoms with Crippen LogP contribution in [0.4, 0.5) is 4.39 Å². The average molecular weight is 293 g/mol. The summed E-state index contributed by atoms with van der Waals surface area (Å²) in [6.45, 7) is 0. The number of ether oxygens (including phenoxy) is 1. The molecule has 0 spiro atoms. The van der Waals surface area contributed by atoms with Gasteiger partial charge in [0.2, 0.25) is 5.88 Å². The number of hydrogen-bond donors (Lipinski definition) is 0. The third-order valence-corrected chi connectivity index (χ3v) is 2.38. The fourth-order valence-electron chi connectivity index (χ4n) is 1.24. The third kappa shape index (κ3) is 3.02. The predicted octanol–water partition coefficient (Wildman–Crippen LogP) is 3.65. The molecule has 0 radical (unpaired) electrons. The van der Waals surface area contributed by atoms with Crippen LogP contribution < -0.4 is 4.74 Å². The summed E-state index contributed by atoms with van der Waals surface area (Å²) in [7, 11) is 0. The first kappa shape index (κ1) is 11.6. The van der Waals surface area contributed by atoms with E-state index in [4.69, 9.17) is 10.00 Å². The van der Waals surface area contributed by atoms with Gasteiger partial charge in [0.05, 0.1) is 11.6 Å². The van der Waals surface area contributed by atoms with Crippen molar-refractivity contribution >= 4 is 15.9 Å². The maximum Gasteiger partial charge on any atom is 0.220 e. The molecule has 0 aliphatic rings. The molecule has 0 amide bonds. The number of benzene rings is 1. The number of pyridine rings is 1. The van der Waals surface area contributed by atoms with Crippen molar-refractivity contribution in [2.24, 2.45) is 0 Å². The molecule has 1 aromatic carbocycles. The Morgan fingerprint density at radius 3 is 2.82 bits per heavy atom. The van der Waals surface area contributed by atoms with Crippen molar-refractivity contribution in [3.63, 3.8) is 0 Å². The molecule has 5 heteroatoms. The molecule has 3 nitrogen and oxygen atoms in total. The summed E-state index contributed by atoms with van der Waals surface area (Å²) in [5.74, 6) is 0.159. The van der Waals surface area contributed by atoms with E-state index in [1.54, 1.807) is 12.1 Å². The van der Waals surface area contributed by atoms with Crippen molar-refractivity contribution in [3.05, 3.63) is 52.4 Å². The Balaban J connectivity index is 2.28. The van der Waals surface area contributed by atoms with E-state index in [9.17, 15) is 4.39 Å². The fourth-order valence-corrected chi connectivity index (χ4v) is 1.69. The monoisotopic (exact) mass is 292 g/mol. The van der Waals surface area contributed by atoms with Gasteiger partial charge in [-0.15, -0.1) is 0 Å². The Hall–Kier alpha value is -1.93. The Morgan fingerprint density at radius 2 is 2.12 bits per heavy atom. The predicted molar refractivity (Wildman–Crippen MR) is 63.1 cm³/mol. The topological polar surface area (TPSA) is 45.9 Å². The van der Waals surface area contributed by atoms with Gasteiger partial charge in [0.25, 0.3) is 0 Å². The van der Waals surface area contributed by atoms with Gasteiger partial charge in [0.15, 0.2) is 0 Å². The molecule has 0 unspecified atom stereocenters. The van der Waals surface area contributed by atoms with Gasteiger partial charge >= 0.3 is 0 Å². The fraction of sp³-hybridized carbons (Fsp3) is 0. The Kier molecular flexibility index (Phi) is 3.35. The number of rotatable bonds is 2. The van der Waals surface area contributed by atoms with Crippen LogP contribution in [0.3, 0.4) is 0 Å². The summed E-state index contributed by atoms with van der Waals surface area (Å²) in [6, 6.07) is 9.20. The Labute approximate surface area is 106 Å². The van der Waals surface area contributed by atoms with Crippen molar-refractivity contribution in [2.45, 2.75) is 0 Å². The van der Waals surface area contributed by atoms with Crippen molar-refractivity contribution in [1.29, 1.82) is 5.26 Å². The molecule has 2 aromatic rings. The molecule has 0 aliphatic carbocycles. The van der Waals surface area contributed by atoms with Crippen LogP contribution in [-0.2, 0) is 0 Å². The molecule has 0 atom stereocenters. The highest BCUT2D eigenvalue weighted by molar-refractivity contribution is 9.10. The second kappa shape index (κ2) is 4.93. The van der Waals surface area contributed by atoms with Crippen LogP contribution >= 0.6 is 15.9 Å². The van der Waals surface area contributed by atoms with Crippen LogP contribution in [-0.4, -0.2) is 4.98 Å². The standard InChI is InChI=1S/C12H6BrFN2O/c13-9-4-10(14)6-11(5-9)17-12-3-8(7-15)1-2-16-12/h1-6H. The van der Waals surface area contributed by atoms with Crippen molar-refractivity contribution < 1.29 is 9.13 Å². The van der Waals surface area contributed by atoms with Crippen LogP contribution in [0.1, 0.15) is 5.56 Å². The lowest BCUT2D eigenvalue weighted by Crippen LogP contribution is -1.89. The molecule has 84 valence electrons. The first-order chi connectivity index (χ1) is 8.17. The maximum atomic E-state index is 13.1. The van der Waals surface area contributed by atoms with Gasteiger partial charge in [-0.05, 0) is 18.2 Å². The molecular weight excluding hydrogens is 287 g/mol. The second-order valence-corrected chi connectivity index (χ2v) is 4.12. The lowest BCUT2D eigenvalue weighted by atomic mass is 10.3. The number of aromatic nitrogens is 1. The molecule has 0 saturated heterocycles. The van der Waals surface area contributed by atoms with E-state index in [1.165, 1.54) is 24.4 Å². The molecule has 1 heterocycles. The zero-order valence-corrected chi connectivity index (χ0v) is 10.1. The molecule has 0 saturated carbocycles. The van der Waals surface area contributed by atoms with Crippen molar-refractivity contribution in [3.8, 4) is 17.7 Å². The highest BCUT2D eigenvalue weighted by Gasteiger charge is 2.03. The lowest BCUT2D eigenvalue weighted by Gasteiger charge is -2.05.